The topological polar surface area (TPSA) is 463 Å². The molecule has 11 amide bonds. The number of fused-ring (bicyclic) bond motifs is 4. The maximum Gasteiger partial charge on any atom is 0.420 e. The number of para-hydroxylation sites is 4. The number of piperidine rings is 8. The van der Waals surface area contributed by atoms with E-state index in [-0.39, 0.29) is 118 Å². The lowest BCUT2D eigenvalue weighted by molar-refractivity contribution is -0.137. The highest BCUT2D eigenvalue weighted by molar-refractivity contribution is 9.10. The van der Waals surface area contributed by atoms with Crippen molar-refractivity contribution in [3.63, 3.8) is 0 Å². The Kier molecular flexibility index (Phi) is 37.0. The third-order valence-electron chi connectivity index (χ3n) is 23.2. The maximum absolute atomic E-state index is 12.6. The van der Waals surface area contributed by atoms with Gasteiger partial charge < -0.3 is 70.8 Å². The largest absolute Gasteiger partial charge is 0.444 e. The summed E-state index contributed by atoms with van der Waals surface area (Å²) in [5, 5.41) is 12.4. The van der Waals surface area contributed by atoms with E-state index in [1.54, 1.807) is 63.2 Å². The summed E-state index contributed by atoms with van der Waals surface area (Å²) in [5.41, 5.74) is 4.64. The summed E-state index contributed by atoms with van der Waals surface area (Å²) in [5.74, 6) is 2.71. The molecule has 4 atom stereocenters. The highest BCUT2D eigenvalue weighted by atomic mass is 79.9. The molecule has 8 aliphatic heterocycles. The van der Waals surface area contributed by atoms with Crippen LogP contribution in [0.5, 0.6) is 0 Å². The molecule has 38 nitrogen and oxygen atoms in total. The summed E-state index contributed by atoms with van der Waals surface area (Å²) in [6.45, 7) is 24.1. The Bertz CT molecular complexity index is 6000. The number of aryl methyl sites for hydroxylation is 2. The van der Waals surface area contributed by atoms with E-state index in [0.29, 0.717) is 152 Å². The van der Waals surface area contributed by atoms with Crippen LogP contribution >= 0.6 is 28.3 Å². The molecule has 0 bridgehead atoms. The normalized spacial score (nSPS) is 19.4. The summed E-state index contributed by atoms with van der Waals surface area (Å²) in [7, 11) is 1.25. The van der Waals surface area contributed by atoms with Crippen LogP contribution in [-0.4, -0.2) is 219 Å². The van der Waals surface area contributed by atoms with Gasteiger partial charge in [-0.15, -0.1) is 18.8 Å². The summed E-state index contributed by atoms with van der Waals surface area (Å²) >= 11 is 3.29. The summed E-state index contributed by atoms with van der Waals surface area (Å²) in [4.78, 5) is 185. The van der Waals surface area contributed by atoms with Gasteiger partial charge in [-0.2, -0.15) is 0 Å². The van der Waals surface area contributed by atoms with Gasteiger partial charge in [0.15, 0.2) is 22.3 Å². The molecule has 8 fully saturated rings. The van der Waals surface area contributed by atoms with Crippen molar-refractivity contribution in [2.45, 2.75) is 264 Å². The van der Waals surface area contributed by atoms with E-state index in [4.69, 9.17) is 58.6 Å². The molecule has 0 spiro atoms. The van der Waals surface area contributed by atoms with Crippen LogP contribution < -0.4 is 49.6 Å². The number of imide groups is 4. The molecule has 8 aliphatic rings. The number of hydrogen-bond acceptors (Lipinski definition) is 27. The maximum atomic E-state index is 12.6. The van der Waals surface area contributed by atoms with Crippen molar-refractivity contribution in [2.24, 2.45) is 0 Å². The van der Waals surface area contributed by atoms with Gasteiger partial charge in [-0.05, 0) is 242 Å². The number of nitrogens with one attached hydrogen (secondary N) is 5. The SMILES string of the molecule is C#CCOC1CCN(C(=O)OC(C)(C)C)CC1.CC(C)(C)OC(=O)N1CCC(OCC#Cc2cccc3c2oc(=O)n3C2CCC(=O)NC2=O)CC1.CC(C)(C)OC(=O)N1CCC(OCCCc2cccc3c2oc(=O)n3C2CCC(=O)NC2=O)CC1.Cl.O=C1CCC(n2c(=O)oc3c(Br)cccc32)C(=O)N1.O=C1CCC(n2c(=O)oc3c(CCCOC4CCNCC4)cccc32)C(=O)N1.[3H]C. The monoisotopic (exact) mass is 1970 g/mol. The van der Waals surface area contributed by atoms with E-state index >= 15 is 0 Å². The van der Waals surface area contributed by atoms with Gasteiger partial charge >= 0.3 is 41.3 Å². The summed E-state index contributed by atoms with van der Waals surface area (Å²) in [6, 6.07) is 18.4. The molecule has 4 unspecified atom stereocenters. The third kappa shape index (κ3) is 28.6. The van der Waals surface area contributed by atoms with E-state index in [1.807, 2.05) is 86.6 Å². The number of amides is 11. The number of halogens is 2. The van der Waals surface area contributed by atoms with Gasteiger partial charge in [-0.25, -0.2) is 33.6 Å². The number of benzene rings is 4. The second-order valence-corrected chi connectivity index (χ2v) is 37.5. The second-order valence-electron chi connectivity index (χ2n) is 36.6. The highest BCUT2D eigenvalue weighted by Crippen LogP contribution is 2.33. The number of terminal acetylenes is 1. The number of oxazole rings is 4. The summed E-state index contributed by atoms with van der Waals surface area (Å²) < 4.78 is 72.7. The van der Waals surface area contributed by atoms with Crippen LogP contribution in [0.2, 0.25) is 0 Å². The van der Waals surface area contributed by atoms with Crippen molar-refractivity contribution in [2.75, 3.05) is 78.8 Å². The number of rotatable bonds is 18. The molecule has 0 radical (unpaired) electrons. The summed E-state index contributed by atoms with van der Waals surface area (Å²) in [6.07, 6.45) is 16.3. The Balaban J connectivity index is 0.000000180. The molecule has 40 heteroatoms. The first kappa shape index (κ1) is 104. The fraction of sp³-hybridized carbons (Fsp3) is 0.552. The number of aromatic nitrogens is 4. The Morgan fingerprint density at radius 2 is 0.721 bits per heavy atom. The smallest absolute Gasteiger partial charge is 0.420 e. The zero-order chi connectivity index (χ0) is 98.3. The van der Waals surface area contributed by atoms with Gasteiger partial charge in [0.25, 0.3) is 0 Å². The fourth-order valence-corrected chi connectivity index (χ4v) is 17.2. The van der Waals surface area contributed by atoms with E-state index in [2.05, 4.69) is 60.3 Å². The van der Waals surface area contributed by atoms with Crippen molar-refractivity contribution in [3.8, 4) is 24.2 Å². The first-order valence-corrected chi connectivity index (χ1v) is 46.2. The number of ether oxygens (including phenoxy) is 7. The molecule has 4 aromatic carbocycles. The molecule has 5 N–H and O–H groups in total. The van der Waals surface area contributed by atoms with Crippen LogP contribution in [0.1, 0.15) is 228 Å². The van der Waals surface area contributed by atoms with Gasteiger partial charge in [-0.1, -0.05) is 61.6 Å². The Labute approximate surface area is 801 Å². The van der Waals surface area contributed by atoms with Crippen molar-refractivity contribution >= 4 is 138 Å². The van der Waals surface area contributed by atoms with Crippen LogP contribution in [0, 0.1) is 24.2 Å². The second kappa shape index (κ2) is 48.2. The molecule has 16 rings (SSSR count). The lowest BCUT2D eigenvalue weighted by Gasteiger charge is -2.33. The molecule has 4 aromatic heterocycles. The minimum absolute atomic E-state index is 0. The van der Waals surface area contributed by atoms with Crippen LogP contribution in [0.3, 0.4) is 0 Å². The Morgan fingerprint density at radius 3 is 1.07 bits per heavy atom. The number of carbonyl (C=O) groups is 11. The molecule has 0 aliphatic carbocycles. The lowest BCUT2D eigenvalue weighted by atomic mass is 10.0. The highest BCUT2D eigenvalue weighted by Gasteiger charge is 2.38. The first-order valence-electron chi connectivity index (χ1n) is 46.4. The van der Waals surface area contributed by atoms with Crippen LogP contribution in [-0.2, 0) is 84.4 Å². The van der Waals surface area contributed by atoms with Crippen LogP contribution in [0.25, 0.3) is 44.4 Å². The van der Waals surface area contributed by atoms with Crippen molar-refractivity contribution in [3.05, 3.63) is 136 Å². The molecule has 8 saturated heterocycles. The van der Waals surface area contributed by atoms with E-state index in [0.717, 1.165) is 82.0 Å². The zero-order valence-corrected chi connectivity index (χ0v) is 80.7. The number of nitrogens with zero attached hydrogens (tertiary/aromatic N) is 7. The van der Waals surface area contributed by atoms with Gasteiger partial charge in [0.2, 0.25) is 47.3 Å². The minimum atomic E-state index is -0.806. The van der Waals surface area contributed by atoms with E-state index in [9.17, 15) is 71.9 Å². The number of hydrogen-bond donors (Lipinski definition) is 5. The standard InChI is InChI=1S/C25H33N3O7.C25H29N3O7.C20H25N3O5.C13H21NO3.C12H9BrN2O4.CH4.ClH/c2*1-25(2,3)35-23(31)27-13-11-17(12-14-27)33-15-5-7-16-6-4-8-18-21(16)34-24(32)28(18)19-9-10-20(29)26-22(19)30;24-17-7-6-16(19(25)22-17)23-15-5-1-3-13(18(15)28-20(23)26)4-2-12-27-14-8-10-21-11-9-14;1-5-10-16-11-6-8-14(9-7-11)12(15)17-13(2,3)4;13-6-2-1-3-7-10(6)19-12(18)15(7)8-4-5-9(16)14-11(8)17;;/h4,6,8,17,19H,5,7,9-15H2,1-3H3,(H,26,29,30);4,6,8,17,19H,9-15H2,1-3H3,(H,26,29,30);1,3,5,14,16,21H,2,4,6-12H2,(H,22,24,25);1,11H,6-10H2,2-4H3;1-3,8H,4-5H2,(H,14,16,17);1H4;1H/i;;;;;1T;. The van der Waals surface area contributed by atoms with Gasteiger partial charge in [0, 0.05) is 79.5 Å². The molecular formula is C96H122BrClN12O26. The minimum Gasteiger partial charge on any atom is -0.444 e. The quantitative estimate of drug-likeness (QED) is 0.0230. The van der Waals surface area contributed by atoms with Crippen molar-refractivity contribution < 1.29 is 105 Å². The molecule has 136 heavy (non-hydrogen) atoms. The zero-order valence-electron chi connectivity index (χ0n) is 79.3. The van der Waals surface area contributed by atoms with Gasteiger partial charge in [0.1, 0.15) is 54.2 Å². The van der Waals surface area contributed by atoms with Gasteiger partial charge in [-0.3, -0.25) is 77.9 Å². The molecule has 0 saturated carbocycles. The van der Waals surface area contributed by atoms with Crippen molar-refractivity contribution in [1.82, 2.24) is 59.6 Å². The Morgan fingerprint density at radius 1 is 0.419 bits per heavy atom. The predicted octanol–water partition coefficient (Wildman–Crippen LogP) is 11.0. The lowest BCUT2D eigenvalue weighted by Crippen LogP contribution is -2.43. The Hall–Kier alpha value is -12.0. The third-order valence-corrected chi connectivity index (χ3v) is 23.9. The predicted molar refractivity (Wildman–Crippen MR) is 504 cm³/mol. The fourth-order valence-electron chi connectivity index (χ4n) is 16.7. The first-order chi connectivity index (χ1) is 64.9. The van der Waals surface area contributed by atoms with Crippen LogP contribution in [0.15, 0.2) is 114 Å². The average Bonchev–Trinajstić information content (AvgIpc) is 1.64. The van der Waals surface area contributed by atoms with E-state index in [1.165, 1.54) is 25.7 Å². The number of likely N-dealkylation sites (tertiary alicyclic amines) is 3. The van der Waals surface area contributed by atoms with Gasteiger partial charge in [0.05, 0.1) is 56.5 Å². The van der Waals surface area contributed by atoms with Crippen molar-refractivity contribution in [1.29, 1.82) is 0 Å². The molecule has 736 valence electrons. The molecule has 12 heterocycles. The molecule has 8 aromatic rings. The number of carbonyl (C=O) groups excluding carboxylic acids is 11. The molecular weight excluding hydrogens is 1850 g/mol. The van der Waals surface area contributed by atoms with Crippen LogP contribution in [0.4, 0.5) is 14.4 Å². The van der Waals surface area contributed by atoms with E-state index < -0.39 is 87.6 Å². The average molecular weight is 1980 g/mol.